The van der Waals surface area contributed by atoms with E-state index in [4.69, 9.17) is 0 Å². The Morgan fingerprint density at radius 1 is 1.09 bits per heavy atom. The molecule has 0 bridgehead atoms. The third-order valence-electron chi connectivity index (χ3n) is 5.54. The Balaban J connectivity index is 1.32. The molecule has 1 aromatic heterocycles. The van der Waals surface area contributed by atoms with Crippen LogP contribution in [0.2, 0.25) is 0 Å². The molecule has 0 spiro atoms. The molecule has 9 heteroatoms. The summed E-state index contributed by atoms with van der Waals surface area (Å²) in [6, 6.07) is 20.6. The van der Waals surface area contributed by atoms with E-state index in [1.807, 2.05) is 72.1 Å². The number of carbonyl (C=O) groups is 3. The van der Waals surface area contributed by atoms with Gasteiger partial charge in [0.25, 0.3) is 5.91 Å². The molecule has 3 heterocycles. The summed E-state index contributed by atoms with van der Waals surface area (Å²) >= 11 is 4.49. The summed E-state index contributed by atoms with van der Waals surface area (Å²) in [5.74, 6) is -1.32. The Morgan fingerprint density at radius 3 is 2.65 bits per heavy atom. The van der Waals surface area contributed by atoms with Gasteiger partial charge in [-0.3, -0.25) is 14.5 Å². The van der Waals surface area contributed by atoms with Gasteiger partial charge in [0.2, 0.25) is 5.91 Å². The number of fused-ring (bicyclic) bond motifs is 1. The predicted octanol–water partition coefficient (Wildman–Crippen LogP) is 4.45. The molecule has 2 amide bonds. The van der Waals surface area contributed by atoms with Gasteiger partial charge in [-0.25, -0.2) is 4.79 Å². The van der Waals surface area contributed by atoms with E-state index in [2.05, 4.69) is 5.32 Å². The van der Waals surface area contributed by atoms with Gasteiger partial charge in [0.05, 0.1) is 6.42 Å². The fourth-order valence-corrected chi connectivity index (χ4v) is 7.23. The van der Waals surface area contributed by atoms with Gasteiger partial charge in [-0.05, 0) is 34.7 Å². The number of rotatable bonds is 7. The Labute approximate surface area is 209 Å². The van der Waals surface area contributed by atoms with E-state index in [1.165, 1.54) is 28.4 Å². The Kier molecular flexibility index (Phi) is 6.49. The van der Waals surface area contributed by atoms with Gasteiger partial charge < -0.3 is 10.4 Å². The third kappa shape index (κ3) is 4.51. The molecule has 3 aromatic rings. The van der Waals surface area contributed by atoms with Crippen LogP contribution in [0.15, 0.2) is 87.6 Å². The van der Waals surface area contributed by atoms with Gasteiger partial charge >= 0.3 is 5.97 Å². The molecule has 2 atom stereocenters. The van der Waals surface area contributed by atoms with E-state index in [0.29, 0.717) is 10.7 Å². The Morgan fingerprint density at radius 2 is 1.91 bits per heavy atom. The second-order valence-electron chi connectivity index (χ2n) is 7.80. The van der Waals surface area contributed by atoms with Gasteiger partial charge in [-0.2, -0.15) is 0 Å². The summed E-state index contributed by atoms with van der Waals surface area (Å²) in [6.45, 7) is 0. The summed E-state index contributed by atoms with van der Waals surface area (Å²) in [4.78, 5) is 41.5. The lowest BCUT2D eigenvalue weighted by atomic mass is 10.0. The number of carboxylic acids is 1. The topological polar surface area (TPSA) is 86.7 Å². The lowest BCUT2D eigenvalue weighted by Gasteiger charge is -2.49. The molecule has 0 aliphatic carbocycles. The molecule has 2 aromatic carbocycles. The first-order valence-corrected chi connectivity index (χ1v) is 13.3. The normalized spacial score (nSPS) is 19.4. The highest BCUT2D eigenvalue weighted by atomic mass is 32.2. The number of thioether (sulfide) groups is 2. The van der Waals surface area contributed by atoms with Gasteiger partial charge in [0, 0.05) is 20.4 Å². The number of hydrogen-bond donors (Lipinski definition) is 2. The standard InChI is InChI=1S/C25H20N2O4S3/c28-20(12-15-6-2-1-3-7-15)26-21-23(29)27-22(25(30)31)19(14-33-24(21)27)34-17-9-4-8-16(13-17)18-10-5-11-32-18/h1-11,13,21,24H,12,14H2,(H,26,28)(H,30,31)/t21-,24-/m1/s1. The molecule has 0 saturated carbocycles. The molecule has 0 radical (unpaired) electrons. The van der Waals surface area contributed by atoms with Crippen LogP contribution in [0.3, 0.4) is 0 Å². The highest BCUT2D eigenvalue weighted by molar-refractivity contribution is 8.06. The molecule has 5 rings (SSSR count). The average Bonchev–Trinajstić information content (AvgIpc) is 3.38. The zero-order valence-corrected chi connectivity index (χ0v) is 20.3. The minimum atomic E-state index is -1.13. The van der Waals surface area contributed by atoms with Crippen LogP contribution in [0.1, 0.15) is 5.56 Å². The highest BCUT2D eigenvalue weighted by Crippen LogP contribution is 2.45. The van der Waals surface area contributed by atoms with Crippen molar-refractivity contribution < 1.29 is 19.5 Å². The molecule has 2 N–H and O–H groups in total. The quantitative estimate of drug-likeness (QED) is 0.459. The second-order valence-corrected chi connectivity index (χ2v) is 11.0. The number of thiophene rings is 1. The van der Waals surface area contributed by atoms with E-state index < -0.39 is 17.4 Å². The average molecular weight is 509 g/mol. The largest absolute Gasteiger partial charge is 0.477 e. The van der Waals surface area contributed by atoms with Crippen molar-refractivity contribution in [1.82, 2.24) is 10.2 Å². The number of carbonyl (C=O) groups excluding carboxylic acids is 2. The molecule has 2 aliphatic heterocycles. The molecule has 1 saturated heterocycles. The maximum absolute atomic E-state index is 12.9. The number of hydrogen-bond acceptors (Lipinski definition) is 6. The first-order chi connectivity index (χ1) is 16.5. The summed E-state index contributed by atoms with van der Waals surface area (Å²) < 4.78 is 0. The second kappa shape index (κ2) is 9.69. The van der Waals surface area contributed by atoms with Gasteiger partial charge in [-0.1, -0.05) is 60.3 Å². The minimum Gasteiger partial charge on any atom is -0.477 e. The van der Waals surface area contributed by atoms with Crippen molar-refractivity contribution in [1.29, 1.82) is 0 Å². The molecule has 34 heavy (non-hydrogen) atoms. The van der Waals surface area contributed by atoms with Crippen LogP contribution in [0.4, 0.5) is 0 Å². The van der Waals surface area contributed by atoms with Crippen LogP contribution < -0.4 is 5.32 Å². The van der Waals surface area contributed by atoms with Crippen LogP contribution in [0, 0.1) is 0 Å². The van der Waals surface area contributed by atoms with Crippen LogP contribution in [0.25, 0.3) is 10.4 Å². The van der Waals surface area contributed by atoms with Crippen LogP contribution in [-0.2, 0) is 20.8 Å². The van der Waals surface area contributed by atoms with Crippen molar-refractivity contribution in [2.75, 3.05) is 5.75 Å². The van der Waals surface area contributed by atoms with Crippen LogP contribution in [0.5, 0.6) is 0 Å². The van der Waals surface area contributed by atoms with Crippen molar-refractivity contribution >= 4 is 52.6 Å². The molecule has 2 aliphatic rings. The number of benzene rings is 2. The molecule has 0 unspecified atom stereocenters. The van der Waals surface area contributed by atoms with E-state index in [1.54, 1.807) is 11.3 Å². The van der Waals surface area contributed by atoms with E-state index in [0.717, 1.165) is 20.9 Å². The number of nitrogens with zero attached hydrogens (tertiary/aromatic N) is 1. The maximum atomic E-state index is 12.9. The van der Waals surface area contributed by atoms with E-state index in [9.17, 15) is 19.5 Å². The van der Waals surface area contributed by atoms with Crippen molar-refractivity contribution in [2.45, 2.75) is 22.7 Å². The number of carboxylic acid groups (broad SMARTS) is 1. The lowest BCUT2D eigenvalue weighted by Crippen LogP contribution is -2.70. The van der Waals surface area contributed by atoms with E-state index >= 15 is 0 Å². The van der Waals surface area contributed by atoms with Gasteiger partial charge in [-0.15, -0.1) is 23.1 Å². The summed E-state index contributed by atoms with van der Waals surface area (Å²) in [7, 11) is 0. The summed E-state index contributed by atoms with van der Waals surface area (Å²) in [6.07, 6.45) is 0.172. The fourth-order valence-electron chi connectivity index (χ4n) is 3.97. The number of nitrogens with one attached hydrogen (secondary N) is 1. The molecule has 6 nitrogen and oxygen atoms in total. The minimum absolute atomic E-state index is 0.00818. The first kappa shape index (κ1) is 22.8. The van der Waals surface area contributed by atoms with Crippen molar-refractivity contribution in [3.05, 3.63) is 88.3 Å². The molecular formula is C25H20N2O4S3. The summed E-state index contributed by atoms with van der Waals surface area (Å²) in [5.41, 5.74) is 1.93. The van der Waals surface area contributed by atoms with Crippen LogP contribution in [-0.4, -0.2) is 45.0 Å². The Hall–Kier alpha value is -3.01. The highest BCUT2D eigenvalue weighted by Gasteiger charge is 2.54. The number of amides is 2. The monoisotopic (exact) mass is 508 g/mol. The maximum Gasteiger partial charge on any atom is 0.353 e. The summed E-state index contributed by atoms with van der Waals surface area (Å²) in [5, 5.41) is 14.3. The fraction of sp³-hybridized carbons (Fsp3) is 0.160. The Bertz CT molecular complexity index is 1270. The van der Waals surface area contributed by atoms with E-state index in [-0.39, 0.29) is 23.9 Å². The lowest BCUT2D eigenvalue weighted by molar-refractivity contribution is -0.150. The predicted molar refractivity (Wildman–Crippen MR) is 135 cm³/mol. The molecular weight excluding hydrogens is 488 g/mol. The zero-order chi connectivity index (χ0) is 23.7. The number of β-lactam (4-membered cyclic amide) rings is 1. The van der Waals surface area contributed by atoms with Crippen molar-refractivity contribution in [3.63, 3.8) is 0 Å². The van der Waals surface area contributed by atoms with Gasteiger partial charge in [0.1, 0.15) is 17.1 Å². The SMILES string of the molecule is O=C(Cc1ccccc1)N[C@@H]1C(=O)N2C(C(=O)O)=C(Sc3cccc(-c4cccs4)c3)CS[C@H]12. The third-order valence-corrected chi connectivity index (χ3v) is 9.00. The van der Waals surface area contributed by atoms with Gasteiger partial charge in [0.15, 0.2) is 0 Å². The first-order valence-electron chi connectivity index (χ1n) is 10.6. The molecule has 1 fully saturated rings. The van der Waals surface area contributed by atoms with Crippen molar-refractivity contribution in [2.24, 2.45) is 0 Å². The van der Waals surface area contributed by atoms with Crippen molar-refractivity contribution in [3.8, 4) is 10.4 Å². The van der Waals surface area contributed by atoms with Crippen LogP contribution >= 0.6 is 34.9 Å². The number of aliphatic carboxylic acids is 1. The molecule has 172 valence electrons. The zero-order valence-electron chi connectivity index (χ0n) is 17.8. The smallest absolute Gasteiger partial charge is 0.353 e.